The molecule has 0 aromatic heterocycles. The molecule has 0 spiro atoms. The Labute approximate surface area is 277 Å². The number of benzene rings is 2. The molecule has 0 atom stereocenters. The number of rotatable bonds is 21. The molecule has 47 heavy (non-hydrogen) atoms. The molecule has 0 saturated heterocycles. The number of nitrogens with one attached hydrogen (secondary N) is 1. The number of esters is 1. The molecule has 0 fully saturated rings. The number of carbonyl (C=O) groups excluding carboxylic acids is 3. The molecule has 0 heterocycles. The van der Waals surface area contributed by atoms with Crippen molar-refractivity contribution in [1.29, 1.82) is 0 Å². The first-order chi connectivity index (χ1) is 22.8. The zero-order valence-electron chi connectivity index (χ0n) is 27.3. The maximum absolute atomic E-state index is 12.4. The van der Waals surface area contributed by atoms with Gasteiger partial charge in [0.1, 0.15) is 5.75 Å². The average molecular weight is 640 g/mol. The fourth-order valence-corrected chi connectivity index (χ4v) is 4.03. The van der Waals surface area contributed by atoms with E-state index in [0.717, 1.165) is 38.5 Å². The van der Waals surface area contributed by atoms with Crippen LogP contribution in [0, 0.1) is 0 Å². The van der Waals surface area contributed by atoms with Crippen LogP contribution < -0.4 is 10.1 Å². The normalized spacial score (nSPS) is 12.0. The molecule has 0 bridgehead atoms. The lowest BCUT2D eigenvalue weighted by Gasteiger charge is -2.08. The van der Waals surface area contributed by atoms with Gasteiger partial charge >= 0.3 is 11.9 Å². The average Bonchev–Trinajstić information content (AvgIpc) is 3.05. The van der Waals surface area contributed by atoms with Gasteiger partial charge in [-0.15, -0.1) is 0 Å². The zero-order chi connectivity index (χ0) is 34.1. The van der Waals surface area contributed by atoms with Crippen molar-refractivity contribution in [2.24, 2.45) is 10.2 Å². The van der Waals surface area contributed by atoms with Gasteiger partial charge in [0.15, 0.2) is 5.78 Å². The van der Waals surface area contributed by atoms with Gasteiger partial charge in [-0.05, 0) is 94.3 Å². The smallest absolute Gasteiger partial charge is 0.311 e. The fraction of sp³-hybridized carbons (Fsp3) is 0.316. The van der Waals surface area contributed by atoms with Crippen molar-refractivity contribution in [2.45, 2.75) is 71.6 Å². The molecule has 2 N–H and O–H groups in total. The third-order valence-electron chi connectivity index (χ3n) is 6.51. The minimum absolute atomic E-state index is 0.0323. The Hall–Kier alpha value is -5.18. The molecule has 0 radical (unpaired) electrons. The van der Waals surface area contributed by atoms with E-state index in [1.807, 2.05) is 0 Å². The lowest BCUT2D eigenvalue weighted by Crippen LogP contribution is -2.25. The van der Waals surface area contributed by atoms with E-state index in [1.54, 1.807) is 30.3 Å². The van der Waals surface area contributed by atoms with Crippen LogP contribution in [0.15, 0.2) is 113 Å². The first kappa shape index (κ1) is 38.0. The van der Waals surface area contributed by atoms with Gasteiger partial charge in [0.05, 0.1) is 23.4 Å². The van der Waals surface area contributed by atoms with Crippen molar-refractivity contribution in [1.82, 2.24) is 5.32 Å². The summed E-state index contributed by atoms with van der Waals surface area (Å²) < 4.78 is 5.48. The van der Waals surface area contributed by atoms with Crippen LogP contribution in [-0.4, -0.2) is 35.3 Å². The lowest BCUT2D eigenvalue weighted by atomic mass is 10.1. The molecule has 1 amide bonds. The molecule has 0 aliphatic rings. The number of aliphatic carboxylic acids is 1. The Morgan fingerprint density at radius 1 is 0.745 bits per heavy atom. The molecule has 2 aromatic carbocycles. The van der Waals surface area contributed by atoms with E-state index in [0.29, 0.717) is 23.4 Å². The van der Waals surface area contributed by atoms with Crippen LogP contribution in [0.25, 0.3) is 0 Å². The second-order valence-electron chi connectivity index (χ2n) is 10.5. The molecule has 0 aliphatic carbocycles. The molecular weight excluding hydrogens is 594 g/mol. The van der Waals surface area contributed by atoms with Gasteiger partial charge in [-0.2, -0.15) is 10.2 Å². The molecule has 0 unspecified atom stereocenters. The van der Waals surface area contributed by atoms with Crippen molar-refractivity contribution in [3.05, 3.63) is 114 Å². The molecule has 248 valence electrons. The van der Waals surface area contributed by atoms with Crippen LogP contribution in [0.5, 0.6) is 5.75 Å². The van der Waals surface area contributed by atoms with Crippen molar-refractivity contribution in [2.75, 3.05) is 6.54 Å². The minimum Gasteiger partial charge on any atom is -0.481 e. The molecule has 2 rings (SSSR count). The van der Waals surface area contributed by atoms with Crippen molar-refractivity contribution >= 4 is 35.0 Å². The number of hydrogen-bond acceptors (Lipinski definition) is 7. The highest BCUT2D eigenvalue weighted by molar-refractivity contribution is 5.98. The maximum Gasteiger partial charge on any atom is 0.311 e. The van der Waals surface area contributed by atoms with Crippen LogP contribution in [0.3, 0.4) is 0 Å². The third kappa shape index (κ3) is 17.2. The number of carboxylic acid groups (broad SMARTS) is 1. The molecule has 2 aromatic rings. The Bertz CT molecular complexity index is 1480. The van der Waals surface area contributed by atoms with Gasteiger partial charge in [0.2, 0.25) is 0 Å². The van der Waals surface area contributed by atoms with E-state index >= 15 is 0 Å². The van der Waals surface area contributed by atoms with E-state index in [2.05, 4.69) is 83.2 Å². The van der Waals surface area contributed by atoms with Gasteiger partial charge in [0, 0.05) is 18.5 Å². The monoisotopic (exact) mass is 639 g/mol. The molecule has 0 saturated carbocycles. The summed E-state index contributed by atoms with van der Waals surface area (Å²) >= 11 is 0. The summed E-state index contributed by atoms with van der Waals surface area (Å²) in [5, 5.41) is 19.5. The number of carbonyl (C=O) groups is 4. The molecular formula is C38H45N3O6. The van der Waals surface area contributed by atoms with Crippen LogP contribution in [-0.2, 0) is 9.59 Å². The summed E-state index contributed by atoms with van der Waals surface area (Å²) in [7, 11) is 0. The van der Waals surface area contributed by atoms with Crippen molar-refractivity contribution in [3.63, 3.8) is 0 Å². The number of carboxylic acids is 1. The van der Waals surface area contributed by atoms with E-state index in [9.17, 15) is 19.2 Å². The van der Waals surface area contributed by atoms with Crippen LogP contribution >= 0.6 is 0 Å². The summed E-state index contributed by atoms with van der Waals surface area (Å²) in [6.45, 7) is 3.55. The number of allylic oxidation sites excluding steroid dienone is 10. The number of nitrogens with zero attached hydrogens (tertiary/aromatic N) is 2. The Balaban J connectivity index is 1.74. The highest BCUT2D eigenvalue weighted by Crippen LogP contribution is 2.27. The zero-order valence-corrected chi connectivity index (χ0v) is 27.3. The first-order valence-electron chi connectivity index (χ1n) is 15.9. The Morgan fingerprint density at radius 3 is 1.87 bits per heavy atom. The summed E-state index contributed by atoms with van der Waals surface area (Å²) in [5.74, 6) is -1.90. The highest BCUT2D eigenvalue weighted by Gasteiger charge is 2.14. The van der Waals surface area contributed by atoms with Gasteiger partial charge in [-0.1, -0.05) is 67.7 Å². The number of ether oxygens (including phenoxy) is 1. The molecule has 0 aliphatic heterocycles. The number of Topliss-reactive ketones (excluding diaryl/α,β-unsaturated/α-hetero) is 1. The molecule has 9 nitrogen and oxygen atoms in total. The SMILES string of the molecule is CC/C=C\C/C=C\C/C=C\C/C=C\C/C=C\CCCC(=O)Oc1ccc(N=Nc2ccc(C(=O)NCCC(=O)O)cc2)cc1C(C)=O. The van der Waals surface area contributed by atoms with E-state index in [4.69, 9.17) is 9.84 Å². The van der Waals surface area contributed by atoms with Crippen molar-refractivity contribution in [3.8, 4) is 5.75 Å². The van der Waals surface area contributed by atoms with Crippen LogP contribution in [0.1, 0.15) is 92.4 Å². The van der Waals surface area contributed by atoms with E-state index in [-0.39, 0.29) is 42.4 Å². The number of amides is 1. The standard InChI is InChI=1S/C38H45N3O6/c1-3-4-5-6-7-8-9-10-11-12-13-14-15-16-17-18-19-20-37(45)47-35-26-25-33(29-34(35)30(2)42)41-40-32-23-21-31(22-24-32)38(46)39-28-27-36(43)44/h4-5,7-8,10-11,13-14,16-17,21-26,29H,3,6,9,12,15,18-20,27-28H2,1-2H3,(H,39,46)(H,43,44)/b5-4-,8-7-,11-10-,14-13-,17-16-,41-40?. The number of hydrogen-bond donors (Lipinski definition) is 2. The van der Waals surface area contributed by atoms with Gasteiger partial charge in [-0.3, -0.25) is 19.2 Å². The van der Waals surface area contributed by atoms with E-state index in [1.165, 1.54) is 19.1 Å². The van der Waals surface area contributed by atoms with E-state index < -0.39 is 11.9 Å². The predicted molar refractivity (Wildman–Crippen MR) is 186 cm³/mol. The Kier molecular flexibility index (Phi) is 18.8. The molecule has 9 heteroatoms. The first-order valence-corrected chi connectivity index (χ1v) is 15.9. The summed E-state index contributed by atoms with van der Waals surface area (Å²) in [4.78, 5) is 47.4. The largest absolute Gasteiger partial charge is 0.481 e. The number of ketones is 1. The highest BCUT2D eigenvalue weighted by atomic mass is 16.5. The van der Waals surface area contributed by atoms with Gasteiger partial charge < -0.3 is 15.2 Å². The number of azo groups is 1. The summed E-state index contributed by atoms with van der Waals surface area (Å²) in [6, 6.07) is 10.9. The summed E-state index contributed by atoms with van der Waals surface area (Å²) in [5.41, 5.74) is 1.45. The second-order valence-corrected chi connectivity index (χ2v) is 10.5. The fourth-order valence-electron chi connectivity index (χ4n) is 4.03. The summed E-state index contributed by atoms with van der Waals surface area (Å²) in [6.07, 6.45) is 27.6. The maximum atomic E-state index is 12.4. The lowest BCUT2D eigenvalue weighted by molar-refractivity contribution is -0.137. The van der Waals surface area contributed by atoms with Gasteiger partial charge in [-0.25, -0.2) is 0 Å². The predicted octanol–water partition coefficient (Wildman–Crippen LogP) is 9.34. The topological polar surface area (TPSA) is 134 Å². The Morgan fingerprint density at radius 2 is 1.30 bits per heavy atom. The second kappa shape index (κ2) is 23.2. The third-order valence-corrected chi connectivity index (χ3v) is 6.51. The van der Waals surface area contributed by atoms with Gasteiger partial charge in [0.25, 0.3) is 5.91 Å². The van der Waals surface area contributed by atoms with Crippen LogP contribution in [0.2, 0.25) is 0 Å². The number of unbranched alkanes of at least 4 members (excludes halogenated alkanes) is 1. The minimum atomic E-state index is -0.992. The van der Waals surface area contributed by atoms with Crippen molar-refractivity contribution < 1.29 is 29.0 Å². The quantitative estimate of drug-likeness (QED) is 0.0349. The van der Waals surface area contributed by atoms with Crippen LogP contribution in [0.4, 0.5) is 11.4 Å².